The summed E-state index contributed by atoms with van der Waals surface area (Å²) in [4.78, 5) is 44.9. The molecule has 208 valence electrons. The predicted octanol–water partition coefficient (Wildman–Crippen LogP) is 5.86. The van der Waals surface area contributed by atoms with Crippen LogP contribution >= 0.6 is 11.8 Å². The maximum Gasteiger partial charge on any atom is 0.338 e. The highest BCUT2D eigenvalue weighted by Crippen LogP contribution is 2.30. The third-order valence-electron chi connectivity index (χ3n) is 6.16. The van der Waals surface area contributed by atoms with Crippen LogP contribution in [0, 0.1) is 0 Å². The first-order chi connectivity index (χ1) is 19.5. The molecule has 4 rings (SSSR count). The van der Waals surface area contributed by atoms with Gasteiger partial charge in [0.1, 0.15) is 11.0 Å². The third-order valence-corrected chi connectivity index (χ3v) is 7.35. The number of rotatable bonds is 11. The first-order valence-electron chi connectivity index (χ1n) is 13.4. The van der Waals surface area contributed by atoms with Gasteiger partial charge in [0.2, 0.25) is 11.8 Å². The fourth-order valence-corrected chi connectivity index (χ4v) is 5.29. The molecule has 1 unspecified atom stereocenters. The van der Waals surface area contributed by atoms with E-state index in [1.807, 2.05) is 25.1 Å². The highest BCUT2D eigenvalue weighted by molar-refractivity contribution is 8.15. The molecule has 9 heteroatoms. The number of benzene rings is 3. The second kappa shape index (κ2) is 14.3. The van der Waals surface area contributed by atoms with Gasteiger partial charge >= 0.3 is 5.97 Å². The number of hydrogen-bond acceptors (Lipinski definition) is 7. The second-order valence-corrected chi connectivity index (χ2v) is 10.2. The van der Waals surface area contributed by atoms with E-state index < -0.39 is 11.2 Å². The summed E-state index contributed by atoms with van der Waals surface area (Å²) in [6, 6.07) is 23.9. The zero-order chi connectivity index (χ0) is 28.3. The minimum absolute atomic E-state index is 0.0691. The molecule has 0 aromatic heterocycles. The lowest BCUT2D eigenvalue weighted by molar-refractivity contribution is -0.129. The van der Waals surface area contributed by atoms with E-state index in [2.05, 4.69) is 17.4 Å². The van der Waals surface area contributed by atoms with Gasteiger partial charge < -0.3 is 14.8 Å². The molecule has 1 N–H and O–H groups in total. The van der Waals surface area contributed by atoms with Crippen molar-refractivity contribution in [3.8, 4) is 5.75 Å². The average molecular weight is 560 g/mol. The number of esters is 1. The smallest absolute Gasteiger partial charge is 0.338 e. The molecule has 1 saturated heterocycles. The molecule has 0 bridgehead atoms. The van der Waals surface area contributed by atoms with E-state index >= 15 is 0 Å². The van der Waals surface area contributed by atoms with Crippen molar-refractivity contribution in [2.45, 2.75) is 38.4 Å². The summed E-state index contributed by atoms with van der Waals surface area (Å²) in [5, 5.41) is 2.73. The highest BCUT2D eigenvalue weighted by Gasteiger charge is 2.35. The van der Waals surface area contributed by atoms with E-state index in [9.17, 15) is 14.4 Å². The van der Waals surface area contributed by atoms with Gasteiger partial charge in [-0.15, -0.1) is 0 Å². The molecular formula is C31H33N3O5S. The van der Waals surface area contributed by atoms with Gasteiger partial charge in [-0.1, -0.05) is 42.1 Å². The van der Waals surface area contributed by atoms with Crippen LogP contribution in [0.1, 0.15) is 42.6 Å². The summed E-state index contributed by atoms with van der Waals surface area (Å²) < 4.78 is 10.5. The van der Waals surface area contributed by atoms with Crippen molar-refractivity contribution in [2.75, 3.05) is 25.1 Å². The Morgan fingerprint density at radius 2 is 1.70 bits per heavy atom. The molecule has 0 saturated carbocycles. The minimum Gasteiger partial charge on any atom is -0.494 e. The molecule has 3 aromatic carbocycles. The number of ether oxygens (including phenoxy) is 2. The summed E-state index contributed by atoms with van der Waals surface area (Å²) in [6.07, 6.45) is 1.64. The van der Waals surface area contributed by atoms with Crippen LogP contribution in [0.25, 0.3) is 0 Å². The summed E-state index contributed by atoms with van der Waals surface area (Å²) in [7, 11) is 0. The van der Waals surface area contributed by atoms with Crippen LogP contribution in [0.4, 0.5) is 11.4 Å². The molecule has 1 atom stereocenters. The summed E-state index contributed by atoms with van der Waals surface area (Å²) >= 11 is 1.27. The Balaban J connectivity index is 1.50. The molecule has 40 heavy (non-hydrogen) atoms. The van der Waals surface area contributed by atoms with E-state index in [1.54, 1.807) is 60.4 Å². The number of amides is 2. The van der Waals surface area contributed by atoms with Gasteiger partial charge in [0.05, 0.1) is 24.5 Å². The highest BCUT2D eigenvalue weighted by atomic mass is 32.2. The zero-order valence-corrected chi connectivity index (χ0v) is 23.5. The van der Waals surface area contributed by atoms with Crippen molar-refractivity contribution in [1.82, 2.24) is 4.90 Å². The maximum absolute atomic E-state index is 13.3. The fourth-order valence-electron chi connectivity index (χ4n) is 4.17. The molecule has 1 aliphatic heterocycles. The third kappa shape index (κ3) is 7.95. The molecular weight excluding hydrogens is 526 g/mol. The van der Waals surface area contributed by atoms with Crippen molar-refractivity contribution in [2.24, 2.45) is 4.99 Å². The van der Waals surface area contributed by atoms with Gasteiger partial charge in [0.15, 0.2) is 5.17 Å². The van der Waals surface area contributed by atoms with Crippen molar-refractivity contribution in [1.29, 1.82) is 0 Å². The van der Waals surface area contributed by atoms with E-state index in [0.717, 1.165) is 18.6 Å². The van der Waals surface area contributed by atoms with Crippen LogP contribution in [-0.2, 0) is 20.7 Å². The van der Waals surface area contributed by atoms with E-state index in [-0.39, 0.29) is 18.2 Å². The lowest BCUT2D eigenvalue weighted by Crippen LogP contribution is -2.45. The second-order valence-electron chi connectivity index (χ2n) is 9.05. The Bertz CT molecular complexity index is 1330. The van der Waals surface area contributed by atoms with Crippen molar-refractivity contribution in [3.05, 3.63) is 90.0 Å². The number of carbonyl (C=O) groups excluding carboxylic acids is 3. The molecule has 0 spiro atoms. The number of thioether (sulfide) groups is 1. The van der Waals surface area contributed by atoms with Crippen molar-refractivity contribution >= 4 is 46.1 Å². The first kappa shape index (κ1) is 28.9. The quantitative estimate of drug-likeness (QED) is 0.296. The molecule has 2 amide bonds. The summed E-state index contributed by atoms with van der Waals surface area (Å²) in [5.74, 6) is -0.105. The topological polar surface area (TPSA) is 97.3 Å². The van der Waals surface area contributed by atoms with Gasteiger partial charge in [-0.05, 0) is 80.8 Å². The molecule has 3 aromatic rings. The first-order valence-corrected chi connectivity index (χ1v) is 14.2. The fraction of sp³-hybridized carbons (Fsp3) is 0.290. The Morgan fingerprint density at radius 3 is 2.38 bits per heavy atom. The van der Waals surface area contributed by atoms with Crippen LogP contribution in [-0.4, -0.2) is 52.9 Å². The van der Waals surface area contributed by atoms with E-state index in [4.69, 9.17) is 14.5 Å². The van der Waals surface area contributed by atoms with Crippen LogP contribution in [0.15, 0.2) is 83.9 Å². The zero-order valence-electron chi connectivity index (χ0n) is 22.7. The van der Waals surface area contributed by atoms with Crippen molar-refractivity contribution < 1.29 is 23.9 Å². The predicted molar refractivity (Wildman–Crippen MR) is 158 cm³/mol. The number of anilines is 1. The number of aliphatic imine (C=N–C) groups is 1. The lowest BCUT2D eigenvalue weighted by atomic mass is 10.1. The number of nitrogens with one attached hydrogen (secondary N) is 1. The lowest BCUT2D eigenvalue weighted by Gasteiger charge is -2.32. The average Bonchev–Trinajstić information content (AvgIpc) is 2.96. The number of aryl methyl sites for hydroxylation is 1. The summed E-state index contributed by atoms with van der Waals surface area (Å²) in [6.45, 7) is 4.99. The number of carbonyl (C=O) groups is 3. The Hall–Kier alpha value is -4.11. The van der Waals surface area contributed by atoms with Gasteiger partial charge in [-0.2, -0.15) is 0 Å². The largest absolute Gasteiger partial charge is 0.494 e. The molecule has 1 aliphatic rings. The number of amidine groups is 1. The Labute approximate surface area is 238 Å². The maximum atomic E-state index is 13.3. The standard InChI is InChI=1S/C31H33N3O5S/c1-3-38-26-18-16-24(17-19-26)32-29(36)27-21-28(35)34(20-8-11-22-9-6-5-7-10-22)31(40-27)33-25-14-12-23(13-15-25)30(37)39-4-2/h5-7,9-10,12-19,27H,3-4,8,11,20-21H2,1-2H3,(H,32,36). The molecule has 0 radical (unpaired) electrons. The Kier molecular flexibility index (Phi) is 10.3. The summed E-state index contributed by atoms with van der Waals surface area (Å²) in [5.41, 5.74) is 2.81. The van der Waals surface area contributed by atoms with E-state index in [1.165, 1.54) is 17.3 Å². The monoisotopic (exact) mass is 559 g/mol. The van der Waals surface area contributed by atoms with Gasteiger partial charge in [0, 0.05) is 18.7 Å². The van der Waals surface area contributed by atoms with Gasteiger partial charge in [-0.25, -0.2) is 9.79 Å². The van der Waals surface area contributed by atoms with Gasteiger partial charge in [0.25, 0.3) is 0 Å². The van der Waals surface area contributed by atoms with Crippen molar-refractivity contribution in [3.63, 3.8) is 0 Å². The SMILES string of the molecule is CCOC(=O)c1ccc(N=C2SC(C(=O)Nc3ccc(OCC)cc3)CC(=O)N2CCCc2ccccc2)cc1. The van der Waals surface area contributed by atoms with Crippen LogP contribution < -0.4 is 10.1 Å². The van der Waals surface area contributed by atoms with Crippen LogP contribution in [0.3, 0.4) is 0 Å². The molecule has 1 heterocycles. The molecule has 0 aliphatic carbocycles. The van der Waals surface area contributed by atoms with Gasteiger partial charge in [-0.3, -0.25) is 14.5 Å². The van der Waals surface area contributed by atoms with E-state index in [0.29, 0.717) is 41.9 Å². The molecule has 8 nitrogen and oxygen atoms in total. The number of hydrogen-bond donors (Lipinski definition) is 1. The normalized spacial score (nSPS) is 16.1. The molecule has 1 fully saturated rings. The van der Waals surface area contributed by atoms with Crippen LogP contribution in [0.2, 0.25) is 0 Å². The number of nitrogens with zero attached hydrogens (tertiary/aromatic N) is 2. The minimum atomic E-state index is -0.637. The van der Waals surface area contributed by atoms with Crippen LogP contribution in [0.5, 0.6) is 5.75 Å². The Morgan fingerprint density at radius 1 is 0.975 bits per heavy atom.